The minimum atomic E-state index is -4.76. The number of alkyl halides is 3. The standard InChI is InChI=1S/C21H17F6N5O/c22-14-8-16(24)15(23)6-12(14)5-13(28)7-19(33)31-9-11-3-1-2-4-17(11)32-18(10-31)29-30-20(32)21(25,26)27/h1-4,6,8,13H,5,7,9-10,28H2. The number of hydrogen-bond donors (Lipinski definition) is 1. The van der Waals surface area contributed by atoms with Gasteiger partial charge in [-0.05, 0) is 29.7 Å². The van der Waals surface area contributed by atoms with Crippen molar-refractivity contribution in [1.29, 1.82) is 0 Å². The number of nitrogens with zero attached hydrogens (tertiary/aromatic N) is 4. The van der Waals surface area contributed by atoms with Gasteiger partial charge < -0.3 is 10.6 Å². The molecule has 12 heteroatoms. The van der Waals surface area contributed by atoms with Gasteiger partial charge in [-0.25, -0.2) is 13.2 Å². The zero-order valence-corrected chi connectivity index (χ0v) is 16.9. The minimum Gasteiger partial charge on any atom is -0.331 e. The van der Waals surface area contributed by atoms with Crippen molar-refractivity contribution in [2.24, 2.45) is 5.73 Å². The average Bonchev–Trinajstić information content (AvgIpc) is 3.08. The Kier molecular flexibility index (Phi) is 5.87. The molecule has 1 aliphatic rings. The van der Waals surface area contributed by atoms with Crippen LogP contribution in [-0.4, -0.2) is 31.6 Å². The van der Waals surface area contributed by atoms with Crippen molar-refractivity contribution in [1.82, 2.24) is 19.7 Å². The van der Waals surface area contributed by atoms with E-state index in [1.54, 1.807) is 18.2 Å². The summed E-state index contributed by atoms with van der Waals surface area (Å²) in [5, 5.41) is 6.89. The van der Waals surface area contributed by atoms with Gasteiger partial charge in [-0.1, -0.05) is 18.2 Å². The molecule has 0 aliphatic carbocycles. The lowest BCUT2D eigenvalue weighted by Gasteiger charge is -2.22. The molecule has 174 valence electrons. The highest BCUT2D eigenvalue weighted by molar-refractivity contribution is 5.77. The molecule has 0 spiro atoms. The maximum Gasteiger partial charge on any atom is 0.452 e. The summed E-state index contributed by atoms with van der Waals surface area (Å²) in [5.74, 6) is -5.38. The number of benzene rings is 2. The Hall–Kier alpha value is -3.41. The summed E-state index contributed by atoms with van der Waals surface area (Å²) in [6.45, 7) is -0.273. The molecule has 2 heterocycles. The second-order valence-corrected chi connectivity index (χ2v) is 7.68. The van der Waals surface area contributed by atoms with Crippen LogP contribution in [0.25, 0.3) is 5.69 Å². The van der Waals surface area contributed by atoms with Gasteiger partial charge in [-0.15, -0.1) is 10.2 Å². The largest absolute Gasteiger partial charge is 0.452 e. The fraction of sp³-hybridized carbons (Fsp3) is 0.286. The van der Waals surface area contributed by atoms with Gasteiger partial charge in [0, 0.05) is 25.1 Å². The molecule has 0 fully saturated rings. The first-order valence-electron chi connectivity index (χ1n) is 9.81. The number of amides is 1. The van der Waals surface area contributed by atoms with E-state index >= 15 is 0 Å². The Balaban J connectivity index is 1.57. The van der Waals surface area contributed by atoms with Crippen LogP contribution in [0.15, 0.2) is 36.4 Å². The third-order valence-corrected chi connectivity index (χ3v) is 5.27. The SMILES string of the molecule is NC(CC(=O)N1Cc2ccccc2-n2c(nnc2C(F)(F)F)C1)Cc1cc(F)c(F)cc1F. The predicted molar refractivity (Wildman–Crippen MR) is 103 cm³/mol. The smallest absolute Gasteiger partial charge is 0.331 e. The van der Waals surface area contributed by atoms with Gasteiger partial charge in [0.15, 0.2) is 17.5 Å². The molecule has 1 aliphatic heterocycles. The first-order valence-corrected chi connectivity index (χ1v) is 9.81. The quantitative estimate of drug-likeness (QED) is 0.469. The van der Waals surface area contributed by atoms with E-state index in [2.05, 4.69) is 10.2 Å². The van der Waals surface area contributed by atoms with Gasteiger partial charge in [0.1, 0.15) is 5.82 Å². The van der Waals surface area contributed by atoms with Crippen molar-refractivity contribution in [3.8, 4) is 5.69 Å². The third kappa shape index (κ3) is 4.56. The molecule has 1 amide bonds. The summed E-state index contributed by atoms with van der Waals surface area (Å²) < 4.78 is 81.7. The highest BCUT2D eigenvalue weighted by atomic mass is 19.4. The topological polar surface area (TPSA) is 77.0 Å². The van der Waals surface area contributed by atoms with Gasteiger partial charge >= 0.3 is 6.18 Å². The van der Waals surface area contributed by atoms with Crippen molar-refractivity contribution in [3.63, 3.8) is 0 Å². The number of nitrogens with two attached hydrogens (primary N) is 1. The van der Waals surface area contributed by atoms with Crippen LogP contribution in [-0.2, 0) is 30.5 Å². The summed E-state index contributed by atoms with van der Waals surface area (Å²) in [6.07, 6.45) is -5.30. The normalized spacial score (nSPS) is 14.5. The molecule has 6 nitrogen and oxygen atoms in total. The lowest BCUT2D eigenvalue weighted by Crippen LogP contribution is -2.36. The maximum absolute atomic E-state index is 13.9. The van der Waals surface area contributed by atoms with Crippen LogP contribution in [0.2, 0.25) is 0 Å². The van der Waals surface area contributed by atoms with Gasteiger partial charge in [0.25, 0.3) is 0 Å². The maximum atomic E-state index is 13.9. The monoisotopic (exact) mass is 469 g/mol. The fourth-order valence-corrected chi connectivity index (χ4v) is 3.76. The summed E-state index contributed by atoms with van der Waals surface area (Å²) in [6, 6.07) is 6.38. The first kappa shape index (κ1) is 22.8. The summed E-state index contributed by atoms with van der Waals surface area (Å²) in [7, 11) is 0. The highest BCUT2D eigenvalue weighted by Gasteiger charge is 2.40. The zero-order chi connectivity index (χ0) is 23.9. The Bertz CT molecular complexity index is 1210. The second kappa shape index (κ2) is 8.50. The molecule has 1 atom stereocenters. The van der Waals surface area contributed by atoms with Gasteiger partial charge in [0.2, 0.25) is 11.7 Å². The average molecular weight is 469 g/mol. The van der Waals surface area contributed by atoms with E-state index in [1.807, 2.05) is 0 Å². The Morgan fingerprint density at radius 2 is 1.73 bits per heavy atom. The number of halogens is 6. The van der Waals surface area contributed by atoms with Crippen LogP contribution in [0, 0.1) is 17.5 Å². The summed E-state index contributed by atoms with van der Waals surface area (Å²) in [5.41, 5.74) is 6.40. The van der Waals surface area contributed by atoms with E-state index in [9.17, 15) is 31.1 Å². The Morgan fingerprint density at radius 3 is 2.45 bits per heavy atom. The molecule has 0 saturated carbocycles. The number of aromatic nitrogens is 3. The number of carbonyl (C=O) groups excluding carboxylic acids is 1. The zero-order valence-electron chi connectivity index (χ0n) is 16.9. The van der Waals surface area contributed by atoms with E-state index in [0.29, 0.717) is 17.7 Å². The number of para-hydroxylation sites is 1. The van der Waals surface area contributed by atoms with E-state index in [-0.39, 0.29) is 43.0 Å². The molecule has 2 N–H and O–H groups in total. The Morgan fingerprint density at radius 1 is 1.03 bits per heavy atom. The number of carbonyl (C=O) groups is 1. The van der Waals surface area contributed by atoms with Crippen molar-refractivity contribution in [2.45, 2.75) is 38.1 Å². The van der Waals surface area contributed by atoms with Gasteiger partial charge in [-0.2, -0.15) is 13.2 Å². The molecular weight excluding hydrogens is 452 g/mol. The van der Waals surface area contributed by atoms with Crippen LogP contribution in [0.5, 0.6) is 0 Å². The third-order valence-electron chi connectivity index (χ3n) is 5.27. The van der Waals surface area contributed by atoms with Gasteiger partial charge in [-0.3, -0.25) is 9.36 Å². The fourth-order valence-electron chi connectivity index (χ4n) is 3.76. The minimum absolute atomic E-state index is 0.0120. The molecule has 0 saturated heterocycles. The molecule has 4 rings (SSSR count). The van der Waals surface area contributed by atoms with Crippen molar-refractivity contribution < 1.29 is 31.1 Å². The molecule has 2 aromatic carbocycles. The van der Waals surface area contributed by atoms with Crippen LogP contribution in [0.3, 0.4) is 0 Å². The predicted octanol–water partition coefficient (Wildman–Crippen LogP) is 3.51. The molecular formula is C21H17F6N5O. The number of fused-ring (bicyclic) bond motifs is 3. The molecule has 3 aromatic rings. The molecule has 33 heavy (non-hydrogen) atoms. The molecule has 1 unspecified atom stereocenters. The van der Waals surface area contributed by atoms with E-state index in [0.717, 1.165) is 4.57 Å². The lowest BCUT2D eigenvalue weighted by atomic mass is 10.0. The second-order valence-electron chi connectivity index (χ2n) is 7.68. The summed E-state index contributed by atoms with van der Waals surface area (Å²) >= 11 is 0. The molecule has 1 aromatic heterocycles. The van der Waals surface area contributed by atoms with E-state index in [4.69, 9.17) is 5.73 Å². The first-order chi connectivity index (χ1) is 15.5. The number of rotatable bonds is 4. The van der Waals surface area contributed by atoms with Crippen molar-refractivity contribution in [2.75, 3.05) is 0 Å². The Labute approximate surface area is 183 Å². The lowest BCUT2D eigenvalue weighted by molar-refractivity contribution is -0.146. The van der Waals surface area contributed by atoms with Crippen LogP contribution in [0.1, 0.15) is 29.2 Å². The number of hydrogen-bond acceptors (Lipinski definition) is 4. The molecule has 0 radical (unpaired) electrons. The van der Waals surface area contributed by atoms with Crippen LogP contribution >= 0.6 is 0 Å². The van der Waals surface area contributed by atoms with E-state index in [1.165, 1.54) is 11.0 Å². The van der Waals surface area contributed by atoms with Crippen molar-refractivity contribution >= 4 is 5.91 Å². The van der Waals surface area contributed by atoms with Crippen LogP contribution < -0.4 is 5.73 Å². The molecule has 0 bridgehead atoms. The van der Waals surface area contributed by atoms with E-state index < -0.39 is 41.4 Å². The van der Waals surface area contributed by atoms with Crippen molar-refractivity contribution in [3.05, 3.63) is 76.6 Å². The van der Waals surface area contributed by atoms with Crippen LogP contribution in [0.4, 0.5) is 26.3 Å². The van der Waals surface area contributed by atoms with Gasteiger partial charge in [0.05, 0.1) is 12.2 Å². The highest BCUT2D eigenvalue weighted by Crippen LogP contribution is 2.33. The summed E-state index contributed by atoms with van der Waals surface area (Å²) in [4.78, 5) is 14.2.